The molecule has 1 saturated heterocycles. The Bertz CT molecular complexity index is 1300. The van der Waals surface area contributed by atoms with E-state index in [0.717, 1.165) is 83.5 Å². The summed E-state index contributed by atoms with van der Waals surface area (Å²) in [7, 11) is -4.60. The Labute approximate surface area is 382 Å². The van der Waals surface area contributed by atoms with Crippen LogP contribution in [0.5, 0.6) is 0 Å². The lowest BCUT2D eigenvalue weighted by Crippen LogP contribution is -2.60. The second-order valence-electron chi connectivity index (χ2n) is 17.5. The van der Waals surface area contributed by atoms with E-state index in [0.29, 0.717) is 12.8 Å². The van der Waals surface area contributed by atoms with Crippen LogP contribution in [0.4, 0.5) is 0 Å². The maximum atomic E-state index is 12.9. The third-order valence-corrected chi connectivity index (χ3v) is 12.2. The number of rotatable bonds is 42. The average Bonchev–Trinajstić information content (AvgIpc) is 3.25. The molecule has 368 valence electrons. The molecule has 0 aromatic rings. The van der Waals surface area contributed by atoms with Gasteiger partial charge in [-0.3, -0.25) is 14.1 Å². The standard InChI is InChI=1S/C50H90O12S/c1-3-5-7-9-11-13-15-17-19-21-23-24-26-28-30-32-34-36-38-45(51)59-40-43(41-60-50-49(55)48(54)47(53)44(62-50)42-63(56,57)58)61-46(52)39-37-35-33-31-29-27-25-22-20-18-16-14-12-10-8-6-4-2/h6,8,12,14,18,20,43-44,47-50,53-55H,3-5,7,9-11,13,15-17,19,21-42H2,1-2H3,(H,56,57,58)/b8-6-,14-12-,20-18-. The molecule has 13 heteroatoms. The molecular weight excluding hydrogens is 825 g/mol. The van der Waals surface area contributed by atoms with Crippen molar-refractivity contribution in [1.29, 1.82) is 0 Å². The molecular formula is C50H90O12S. The number of carbonyl (C=O) groups is 2. The van der Waals surface area contributed by atoms with Gasteiger partial charge in [-0.05, 0) is 44.9 Å². The SMILES string of the molecule is CC/C=C\C/C=C\C/C=C\CCCCCCCCCC(=O)OC(COC(=O)CCCCCCCCCCCCCCCCCCCC)COC1OC(CS(=O)(=O)O)C(O)C(O)C1O. The highest BCUT2D eigenvalue weighted by Gasteiger charge is 2.46. The van der Waals surface area contributed by atoms with Crippen LogP contribution in [-0.4, -0.2) is 96.0 Å². The summed E-state index contributed by atoms with van der Waals surface area (Å²) in [6.45, 7) is 3.67. The summed E-state index contributed by atoms with van der Waals surface area (Å²) >= 11 is 0. The number of unbranched alkanes of at least 4 members (excludes halogenated alkanes) is 24. The first-order chi connectivity index (χ1) is 30.5. The van der Waals surface area contributed by atoms with Crippen LogP contribution in [0.15, 0.2) is 36.5 Å². The van der Waals surface area contributed by atoms with E-state index < -0.39 is 71.2 Å². The van der Waals surface area contributed by atoms with Crippen molar-refractivity contribution in [1.82, 2.24) is 0 Å². The van der Waals surface area contributed by atoms with E-state index in [2.05, 4.69) is 50.3 Å². The van der Waals surface area contributed by atoms with E-state index in [4.69, 9.17) is 18.9 Å². The molecule has 0 saturated carbocycles. The molecule has 1 aliphatic heterocycles. The largest absolute Gasteiger partial charge is 0.462 e. The first-order valence-corrected chi connectivity index (χ1v) is 26.7. The lowest BCUT2D eigenvalue weighted by molar-refractivity contribution is -0.297. The summed E-state index contributed by atoms with van der Waals surface area (Å²) in [6.07, 6.45) is 37.5. The molecule has 0 aromatic heterocycles. The summed E-state index contributed by atoms with van der Waals surface area (Å²) in [6, 6.07) is 0. The van der Waals surface area contributed by atoms with Gasteiger partial charge in [0.25, 0.3) is 10.1 Å². The Morgan fingerprint density at radius 3 is 1.49 bits per heavy atom. The first-order valence-electron chi connectivity index (χ1n) is 25.0. The highest BCUT2D eigenvalue weighted by Crippen LogP contribution is 2.24. The number of aliphatic hydroxyl groups is 3. The van der Waals surface area contributed by atoms with Crippen LogP contribution in [0, 0.1) is 0 Å². The smallest absolute Gasteiger partial charge is 0.306 e. The Kier molecular flexibility index (Phi) is 37.5. The van der Waals surface area contributed by atoms with Gasteiger partial charge in [-0.2, -0.15) is 8.42 Å². The quantitative estimate of drug-likeness (QED) is 0.0197. The van der Waals surface area contributed by atoms with Crippen molar-refractivity contribution in [2.75, 3.05) is 19.0 Å². The van der Waals surface area contributed by atoms with E-state index in [1.807, 2.05) is 0 Å². The molecule has 4 N–H and O–H groups in total. The number of ether oxygens (including phenoxy) is 4. The van der Waals surface area contributed by atoms with Crippen molar-refractivity contribution in [3.05, 3.63) is 36.5 Å². The molecule has 0 radical (unpaired) electrons. The Morgan fingerprint density at radius 1 is 0.556 bits per heavy atom. The minimum absolute atomic E-state index is 0.155. The first kappa shape index (κ1) is 58.9. The molecule has 1 rings (SSSR count). The molecule has 0 spiro atoms. The number of allylic oxidation sites excluding steroid dienone is 6. The minimum Gasteiger partial charge on any atom is -0.462 e. The van der Waals surface area contributed by atoms with Crippen molar-refractivity contribution in [2.24, 2.45) is 0 Å². The monoisotopic (exact) mass is 915 g/mol. The fourth-order valence-electron chi connectivity index (χ4n) is 7.63. The van der Waals surface area contributed by atoms with Crippen molar-refractivity contribution in [3.8, 4) is 0 Å². The van der Waals surface area contributed by atoms with E-state index in [1.165, 1.54) is 89.9 Å². The van der Waals surface area contributed by atoms with Gasteiger partial charge in [-0.15, -0.1) is 0 Å². The zero-order valence-corrected chi connectivity index (χ0v) is 40.2. The number of carbonyl (C=O) groups excluding carboxylic acids is 2. The van der Waals surface area contributed by atoms with Crippen molar-refractivity contribution >= 4 is 22.1 Å². The summed E-state index contributed by atoms with van der Waals surface area (Å²) < 4.78 is 54.2. The van der Waals surface area contributed by atoms with Crippen molar-refractivity contribution < 1.29 is 56.8 Å². The van der Waals surface area contributed by atoms with Crippen LogP contribution in [0.25, 0.3) is 0 Å². The van der Waals surface area contributed by atoms with Gasteiger partial charge in [0, 0.05) is 12.8 Å². The highest BCUT2D eigenvalue weighted by molar-refractivity contribution is 7.85. The maximum Gasteiger partial charge on any atom is 0.306 e. The molecule has 63 heavy (non-hydrogen) atoms. The maximum absolute atomic E-state index is 12.9. The Morgan fingerprint density at radius 2 is 1.00 bits per heavy atom. The molecule has 1 fully saturated rings. The molecule has 6 unspecified atom stereocenters. The van der Waals surface area contributed by atoms with Gasteiger partial charge in [-0.1, -0.05) is 192 Å². The van der Waals surface area contributed by atoms with E-state index in [1.54, 1.807) is 0 Å². The van der Waals surface area contributed by atoms with Gasteiger partial charge < -0.3 is 34.3 Å². The van der Waals surface area contributed by atoms with Crippen molar-refractivity contribution in [2.45, 2.75) is 250 Å². The molecule has 12 nitrogen and oxygen atoms in total. The lowest BCUT2D eigenvalue weighted by atomic mass is 10.00. The van der Waals surface area contributed by atoms with Gasteiger partial charge in [-0.25, -0.2) is 0 Å². The van der Waals surface area contributed by atoms with Crippen LogP contribution in [0.1, 0.15) is 213 Å². The van der Waals surface area contributed by atoms with E-state index in [-0.39, 0.29) is 19.4 Å². The number of esters is 2. The predicted molar refractivity (Wildman–Crippen MR) is 252 cm³/mol. The second-order valence-corrected chi connectivity index (χ2v) is 19.0. The van der Waals surface area contributed by atoms with Crippen LogP contribution in [-0.2, 0) is 38.7 Å². The number of aliphatic hydroxyl groups excluding tert-OH is 3. The van der Waals surface area contributed by atoms with Gasteiger partial charge in [0.2, 0.25) is 0 Å². The Balaban J connectivity index is 2.39. The van der Waals surface area contributed by atoms with E-state index >= 15 is 0 Å². The van der Waals surface area contributed by atoms with Crippen LogP contribution < -0.4 is 0 Å². The number of hydrogen-bond donors (Lipinski definition) is 4. The topological polar surface area (TPSA) is 186 Å². The van der Waals surface area contributed by atoms with Crippen LogP contribution >= 0.6 is 0 Å². The Hall–Kier alpha value is -2.13. The minimum atomic E-state index is -4.60. The average molecular weight is 915 g/mol. The van der Waals surface area contributed by atoms with Crippen molar-refractivity contribution in [3.63, 3.8) is 0 Å². The summed E-state index contributed by atoms with van der Waals surface area (Å²) in [5, 5.41) is 30.9. The molecule has 1 aliphatic rings. The zero-order valence-electron chi connectivity index (χ0n) is 39.4. The van der Waals surface area contributed by atoms with Gasteiger partial charge in [0.15, 0.2) is 12.4 Å². The van der Waals surface area contributed by atoms with Crippen LogP contribution in [0.2, 0.25) is 0 Å². The molecule has 0 amide bonds. The molecule has 6 atom stereocenters. The van der Waals surface area contributed by atoms with Crippen LogP contribution in [0.3, 0.4) is 0 Å². The second kappa shape index (κ2) is 40.2. The normalized spacial score (nSPS) is 20.0. The number of hydrogen-bond acceptors (Lipinski definition) is 11. The van der Waals surface area contributed by atoms with Gasteiger partial charge in [0.1, 0.15) is 36.8 Å². The third kappa shape index (κ3) is 34.8. The third-order valence-electron chi connectivity index (χ3n) is 11.5. The molecule has 0 aromatic carbocycles. The molecule has 0 bridgehead atoms. The zero-order chi connectivity index (χ0) is 46.2. The fourth-order valence-corrected chi connectivity index (χ4v) is 8.32. The fraction of sp³-hybridized carbons (Fsp3) is 0.840. The highest BCUT2D eigenvalue weighted by atomic mass is 32.2. The summed E-state index contributed by atoms with van der Waals surface area (Å²) in [5.41, 5.74) is 0. The molecule has 1 heterocycles. The molecule has 0 aliphatic carbocycles. The lowest BCUT2D eigenvalue weighted by Gasteiger charge is -2.40. The van der Waals surface area contributed by atoms with Gasteiger partial charge in [0.05, 0.1) is 6.61 Å². The summed E-state index contributed by atoms with van der Waals surface area (Å²) in [5.74, 6) is -1.99. The van der Waals surface area contributed by atoms with E-state index in [9.17, 15) is 37.9 Å². The predicted octanol–water partition coefficient (Wildman–Crippen LogP) is 11.0. The summed E-state index contributed by atoms with van der Waals surface area (Å²) in [4.78, 5) is 25.5. The van der Waals surface area contributed by atoms with Gasteiger partial charge >= 0.3 is 11.9 Å².